The number of nitrogens with zero attached hydrogens (tertiary/aromatic N) is 1. The maximum absolute atomic E-state index is 5.56. The van der Waals surface area contributed by atoms with E-state index in [1.807, 2.05) is 6.07 Å². The Bertz CT molecular complexity index is 472. The lowest BCUT2D eigenvalue weighted by atomic mass is 9.99. The summed E-state index contributed by atoms with van der Waals surface area (Å²) in [5.74, 6) is 1.56. The number of ether oxygens (including phenoxy) is 2. The Labute approximate surface area is 121 Å². The molecule has 0 atom stereocenters. The van der Waals surface area contributed by atoms with E-state index in [0.29, 0.717) is 0 Å². The average Bonchev–Trinajstić information content (AvgIpc) is 2.52. The highest BCUT2D eigenvalue weighted by atomic mass is 16.5. The van der Waals surface area contributed by atoms with E-state index in [-0.39, 0.29) is 0 Å². The average molecular weight is 276 g/mol. The van der Waals surface area contributed by atoms with Gasteiger partial charge in [0.2, 0.25) is 0 Å². The minimum absolute atomic E-state index is 0.767. The van der Waals surface area contributed by atoms with Crippen molar-refractivity contribution in [2.24, 2.45) is 5.73 Å². The largest absolute Gasteiger partial charge is 0.493 e. The van der Waals surface area contributed by atoms with Crippen LogP contribution in [0.4, 0.5) is 0 Å². The van der Waals surface area contributed by atoms with Crippen molar-refractivity contribution < 1.29 is 9.47 Å². The number of hydrogen-bond donors (Lipinski definition) is 1. The van der Waals surface area contributed by atoms with Crippen LogP contribution < -0.4 is 15.2 Å². The molecule has 0 aliphatic carbocycles. The lowest BCUT2D eigenvalue weighted by Gasteiger charge is -2.26. The quantitative estimate of drug-likeness (QED) is 0.865. The standard InChI is InChI=1S/C16H24N2O2/c1-19-15-5-4-14(12-16(15)20-2)13-6-10-18(11-7-13)9-3-8-17/h4-6,12H,3,7-11,17H2,1-2H3. The van der Waals surface area contributed by atoms with Crippen LogP contribution in [-0.4, -0.2) is 45.3 Å². The van der Waals surface area contributed by atoms with E-state index in [4.69, 9.17) is 15.2 Å². The van der Waals surface area contributed by atoms with E-state index in [2.05, 4.69) is 23.1 Å². The molecule has 0 fully saturated rings. The van der Waals surface area contributed by atoms with Gasteiger partial charge in [0.1, 0.15) is 0 Å². The van der Waals surface area contributed by atoms with Crippen LogP contribution in [0.3, 0.4) is 0 Å². The van der Waals surface area contributed by atoms with Gasteiger partial charge in [0.25, 0.3) is 0 Å². The summed E-state index contributed by atoms with van der Waals surface area (Å²) in [6.45, 7) is 3.96. The molecule has 1 aliphatic heterocycles. The molecule has 0 bridgehead atoms. The maximum atomic E-state index is 5.56. The molecule has 1 aliphatic rings. The molecule has 0 radical (unpaired) electrons. The predicted octanol–water partition coefficient (Wildman–Crippen LogP) is 2.14. The van der Waals surface area contributed by atoms with Crippen molar-refractivity contribution in [3.63, 3.8) is 0 Å². The van der Waals surface area contributed by atoms with Crippen LogP contribution >= 0.6 is 0 Å². The molecule has 4 nitrogen and oxygen atoms in total. The first-order valence-corrected chi connectivity index (χ1v) is 7.12. The third-order valence-corrected chi connectivity index (χ3v) is 3.73. The number of hydrogen-bond acceptors (Lipinski definition) is 4. The Morgan fingerprint density at radius 3 is 2.60 bits per heavy atom. The normalized spacial score (nSPS) is 15.8. The highest BCUT2D eigenvalue weighted by molar-refractivity contribution is 5.69. The maximum Gasteiger partial charge on any atom is 0.161 e. The molecule has 0 saturated heterocycles. The second kappa shape index (κ2) is 7.31. The van der Waals surface area contributed by atoms with Gasteiger partial charge in [-0.15, -0.1) is 0 Å². The first kappa shape index (κ1) is 14.9. The fourth-order valence-corrected chi connectivity index (χ4v) is 2.53. The number of benzene rings is 1. The summed E-state index contributed by atoms with van der Waals surface area (Å²) in [7, 11) is 3.33. The minimum Gasteiger partial charge on any atom is -0.493 e. The van der Waals surface area contributed by atoms with Gasteiger partial charge in [-0.3, -0.25) is 4.90 Å². The zero-order valence-corrected chi connectivity index (χ0v) is 12.4. The zero-order chi connectivity index (χ0) is 14.4. The molecule has 0 unspecified atom stereocenters. The van der Waals surface area contributed by atoms with Gasteiger partial charge in [-0.05, 0) is 49.2 Å². The molecule has 1 aromatic rings. The second-order valence-corrected chi connectivity index (χ2v) is 4.99. The summed E-state index contributed by atoms with van der Waals surface area (Å²) in [5, 5.41) is 0. The lowest BCUT2D eigenvalue weighted by Crippen LogP contribution is -2.30. The van der Waals surface area contributed by atoms with Crippen LogP contribution in [0, 0.1) is 0 Å². The van der Waals surface area contributed by atoms with Gasteiger partial charge in [0.15, 0.2) is 11.5 Å². The third-order valence-electron chi connectivity index (χ3n) is 3.73. The van der Waals surface area contributed by atoms with Gasteiger partial charge in [-0.1, -0.05) is 12.1 Å². The fraction of sp³-hybridized carbons (Fsp3) is 0.500. The van der Waals surface area contributed by atoms with E-state index in [1.165, 1.54) is 11.1 Å². The summed E-state index contributed by atoms with van der Waals surface area (Å²) < 4.78 is 10.6. The highest BCUT2D eigenvalue weighted by Gasteiger charge is 2.14. The number of rotatable bonds is 6. The van der Waals surface area contributed by atoms with Crippen LogP contribution in [0.15, 0.2) is 24.3 Å². The van der Waals surface area contributed by atoms with Crippen molar-refractivity contribution in [1.82, 2.24) is 4.90 Å². The Morgan fingerprint density at radius 1 is 1.20 bits per heavy atom. The highest BCUT2D eigenvalue weighted by Crippen LogP contribution is 2.32. The van der Waals surface area contributed by atoms with E-state index >= 15 is 0 Å². The van der Waals surface area contributed by atoms with Gasteiger partial charge in [0, 0.05) is 13.1 Å². The van der Waals surface area contributed by atoms with Gasteiger partial charge >= 0.3 is 0 Å². The van der Waals surface area contributed by atoms with Crippen LogP contribution in [0.25, 0.3) is 5.57 Å². The van der Waals surface area contributed by atoms with Crippen molar-refractivity contribution in [1.29, 1.82) is 0 Å². The summed E-state index contributed by atoms with van der Waals surface area (Å²) in [5.41, 5.74) is 8.16. The Morgan fingerprint density at radius 2 is 2.00 bits per heavy atom. The lowest BCUT2D eigenvalue weighted by molar-refractivity contribution is 0.299. The predicted molar refractivity (Wildman–Crippen MR) is 82.3 cm³/mol. The van der Waals surface area contributed by atoms with Crippen molar-refractivity contribution in [2.45, 2.75) is 12.8 Å². The summed E-state index contributed by atoms with van der Waals surface area (Å²) in [6, 6.07) is 6.12. The summed E-state index contributed by atoms with van der Waals surface area (Å²) in [6.07, 6.45) is 4.45. The van der Waals surface area contributed by atoms with Crippen molar-refractivity contribution in [3.05, 3.63) is 29.8 Å². The van der Waals surface area contributed by atoms with Crippen LogP contribution in [-0.2, 0) is 0 Å². The Kier molecular flexibility index (Phi) is 5.44. The molecule has 1 heterocycles. The molecule has 2 rings (SSSR count). The van der Waals surface area contributed by atoms with E-state index in [1.54, 1.807) is 14.2 Å². The molecule has 0 amide bonds. The third kappa shape index (κ3) is 3.52. The van der Waals surface area contributed by atoms with Crippen LogP contribution in [0.2, 0.25) is 0 Å². The molecule has 2 N–H and O–H groups in total. The minimum atomic E-state index is 0.767. The molecule has 1 aromatic carbocycles. The zero-order valence-electron chi connectivity index (χ0n) is 12.4. The summed E-state index contributed by atoms with van der Waals surface area (Å²) in [4.78, 5) is 2.44. The van der Waals surface area contributed by atoms with Gasteiger partial charge < -0.3 is 15.2 Å². The van der Waals surface area contributed by atoms with Gasteiger partial charge in [-0.25, -0.2) is 0 Å². The van der Waals surface area contributed by atoms with Crippen molar-refractivity contribution >= 4 is 5.57 Å². The first-order chi connectivity index (χ1) is 9.78. The van der Waals surface area contributed by atoms with Gasteiger partial charge in [0.05, 0.1) is 14.2 Å². The first-order valence-electron chi connectivity index (χ1n) is 7.12. The fourth-order valence-electron chi connectivity index (χ4n) is 2.53. The molecule has 4 heteroatoms. The number of nitrogens with two attached hydrogens (primary N) is 1. The molecule has 0 spiro atoms. The van der Waals surface area contributed by atoms with Crippen LogP contribution in [0.5, 0.6) is 11.5 Å². The molecule has 0 saturated carbocycles. The van der Waals surface area contributed by atoms with E-state index < -0.39 is 0 Å². The van der Waals surface area contributed by atoms with Crippen molar-refractivity contribution in [3.8, 4) is 11.5 Å². The molecule has 0 aromatic heterocycles. The molecular formula is C16H24N2O2. The number of methoxy groups -OCH3 is 2. The Hall–Kier alpha value is -1.52. The van der Waals surface area contributed by atoms with Crippen molar-refractivity contribution in [2.75, 3.05) is 40.4 Å². The Balaban J connectivity index is 2.07. The van der Waals surface area contributed by atoms with E-state index in [0.717, 1.165) is 50.5 Å². The SMILES string of the molecule is COc1ccc(C2=CCN(CCCN)CC2)cc1OC. The smallest absolute Gasteiger partial charge is 0.161 e. The topological polar surface area (TPSA) is 47.7 Å². The van der Waals surface area contributed by atoms with Crippen LogP contribution in [0.1, 0.15) is 18.4 Å². The van der Waals surface area contributed by atoms with Gasteiger partial charge in [-0.2, -0.15) is 0 Å². The van der Waals surface area contributed by atoms with E-state index in [9.17, 15) is 0 Å². The molecular weight excluding hydrogens is 252 g/mol. The summed E-state index contributed by atoms with van der Waals surface area (Å²) >= 11 is 0. The second-order valence-electron chi connectivity index (χ2n) is 4.99. The monoisotopic (exact) mass is 276 g/mol. The molecule has 20 heavy (non-hydrogen) atoms. The molecule has 110 valence electrons.